The lowest BCUT2D eigenvalue weighted by atomic mass is 10.4. The van der Waals surface area contributed by atoms with Crippen LogP contribution in [0.25, 0.3) is 11.0 Å². The molecule has 2 aromatic heterocycles. The van der Waals surface area contributed by atoms with E-state index in [1.165, 1.54) is 0 Å². The lowest BCUT2D eigenvalue weighted by molar-refractivity contribution is 0.670. The zero-order valence-electron chi connectivity index (χ0n) is 10.5. The van der Waals surface area contributed by atoms with Crippen LogP contribution in [-0.4, -0.2) is 21.6 Å². The number of hydrogen-bond acceptors (Lipinski definition) is 3. The zero-order chi connectivity index (χ0) is 12.0. The molecule has 16 heavy (non-hydrogen) atoms. The molecule has 88 valence electrons. The quantitative estimate of drug-likeness (QED) is 0.862. The number of hydrogen-bond donors (Lipinski definition) is 1. The number of imidazole rings is 1. The van der Waals surface area contributed by atoms with Gasteiger partial charge in [0.2, 0.25) is 0 Å². The maximum Gasteiger partial charge on any atom is 0.123 e. The molecule has 0 bridgehead atoms. The van der Waals surface area contributed by atoms with E-state index in [4.69, 9.17) is 0 Å². The molecule has 0 unspecified atom stereocenters. The Morgan fingerprint density at radius 1 is 1.38 bits per heavy atom. The molecule has 0 fully saturated rings. The predicted octanol–water partition coefficient (Wildman–Crippen LogP) is 2.20. The zero-order valence-corrected chi connectivity index (χ0v) is 10.5. The van der Waals surface area contributed by atoms with Crippen LogP contribution in [0.15, 0.2) is 18.5 Å². The summed E-state index contributed by atoms with van der Waals surface area (Å²) in [5.41, 5.74) is 2.13. The number of nitrogens with one attached hydrogen (secondary N) is 1. The summed E-state index contributed by atoms with van der Waals surface area (Å²) in [5, 5.41) is 3.12. The molecule has 0 aromatic carbocycles. The Morgan fingerprint density at radius 3 is 2.75 bits per heavy atom. The van der Waals surface area contributed by atoms with Crippen LogP contribution in [-0.2, 0) is 13.1 Å². The minimum absolute atomic E-state index is 0.794. The van der Waals surface area contributed by atoms with Crippen LogP contribution in [0.3, 0.4) is 0 Å². The van der Waals surface area contributed by atoms with Crippen molar-refractivity contribution in [1.29, 1.82) is 0 Å². The fourth-order valence-electron chi connectivity index (χ4n) is 1.67. The molecular formula is C12H20N4. The van der Waals surface area contributed by atoms with Crippen molar-refractivity contribution >= 4 is 11.0 Å². The fraction of sp³-hybridized carbons (Fsp3) is 0.500. The van der Waals surface area contributed by atoms with E-state index in [-0.39, 0.29) is 0 Å². The Labute approximate surface area is 96.7 Å². The highest BCUT2D eigenvalue weighted by molar-refractivity contribution is 5.74. The Balaban J connectivity index is 0.000000606. The number of pyridine rings is 1. The molecular weight excluding hydrogens is 200 g/mol. The Morgan fingerprint density at radius 2 is 2.12 bits per heavy atom. The molecule has 2 aromatic rings. The summed E-state index contributed by atoms with van der Waals surface area (Å²) in [6, 6.07) is 1.95. The molecule has 0 aliphatic heterocycles. The van der Waals surface area contributed by atoms with Gasteiger partial charge in [-0.25, -0.2) is 4.98 Å². The van der Waals surface area contributed by atoms with Gasteiger partial charge < -0.3 is 9.88 Å². The van der Waals surface area contributed by atoms with Crippen molar-refractivity contribution in [1.82, 2.24) is 19.9 Å². The van der Waals surface area contributed by atoms with E-state index < -0.39 is 0 Å². The van der Waals surface area contributed by atoms with Gasteiger partial charge in [-0.2, -0.15) is 0 Å². The van der Waals surface area contributed by atoms with Crippen LogP contribution < -0.4 is 5.32 Å². The Kier molecular flexibility index (Phi) is 4.92. The molecule has 0 radical (unpaired) electrons. The van der Waals surface area contributed by atoms with Gasteiger partial charge in [0.15, 0.2) is 0 Å². The topological polar surface area (TPSA) is 42.7 Å². The van der Waals surface area contributed by atoms with E-state index in [1.807, 2.05) is 33.2 Å². The normalized spacial score (nSPS) is 10.0. The first-order valence-corrected chi connectivity index (χ1v) is 5.80. The molecule has 1 N–H and O–H groups in total. The van der Waals surface area contributed by atoms with Gasteiger partial charge in [-0.05, 0) is 20.0 Å². The van der Waals surface area contributed by atoms with Gasteiger partial charge in [0.25, 0.3) is 0 Å². The van der Waals surface area contributed by atoms with Gasteiger partial charge >= 0.3 is 0 Å². The number of aromatic nitrogens is 3. The SMILES string of the molecule is CC.CCn1c(CNC)nc2ccncc21. The average molecular weight is 220 g/mol. The average Bonchev–Trinajstić information content (AvgIpc) is 2.69. The second-order valence-electron chi connectivity index (χ2n) is 3.17. The van der Waals surface area contributed by atoms with E-state index in [2.05, 4.69) is 26.8 Å². The molecule has 0 saturated heterocycles. The van der Waals surface area contributed by atoms with Crippen LogP contribution in [0.2, 0.25) is 0 Å². The Bertz CT molecular complexity index is 434. The van der Waals surface area contributed by atoms with Crippen molar-refractivity contribution in [3.8, 4) is 0 Å². The van der Waals surface area contributed by atoms with Gasteiger partial charge in [0, 0.05) is 12.7 Å². The van der Waals surface area contributed by atoms with Gasteiger partial charge in [-0.15, -0.1) is 0 Å². The van der Waals surface area contributed by atoms with Crippen molar-refractivity contribution in [2.75, 3.05) is 7.05 Å². The molecule has 0 aliphatic rings. The summed E-state index contributed by atoms with van der Waals surface area (Å²) in [4.78, 5) is 8.65. The van der Waals surface area contributed by atoms with E-state index in [0.717, 1.165) is 29.9 Å². The molecule has 4 heteroatoms. The molecule has 0 aliphatic carbocycles. The highest BCUT2D eigenvalue weighted by Gasteiger charge is 2.07. The van der Waals surface area contributed by atoms with Crippen molar-refractivity contribution in [2.24, 2.45) is 0 Å². The third kappa shape index (κ3) is 2.39. The maximum atomic E-state index is 4.53. The van der Waals surface area contributed by atoms with Crippen LogP contribution in [0.5, 0.6) is 0 Å². The number of aryl methyl sites for hydroxylation is 1. The van der Waals surface area contributed by atoms with Gasteiger partial charge in [0.05, 0.1) is 23.8 Å². The molecule has 0 saturated carbocycles. The molecule has 2 rings (SSSR count). The first-order chi connectivity index (χ1) is 7.86. The monoisotopic (exact) mass is 220 g/mol. The summed E-state index contributed by atoms with van der Waals surface area (Å²) in [5.74, 6) is 1.07. The van der Waals surface area contributed by atoms with Gasteiger partial charge in [-0.1, -0.05) is 13.8 Å². The number of fused-ring (bicyclic) bond motifs is 1. The maximum absolute atomic E-state index is 4.53. The largest absolute Gasteiger partial charge is 0.326 e. The highest BCUT2D eigenvalue weighted by atomic mass is 15.1. The lowest BCUT2D eigenvalue weighted by Crippen LogP contribution is -2.11. The van der Waals surface area contributed by atoms with Crippen LogP contribution in [0.1, 0.15) is 26.6 Å². The first kappa shape index (κ1) is 12.6. The van der Waals surface area contributed by atoms with Crippen molar-refractivity contribution < 1.29 is 0 Å². The molecule has 0 spiro atoms. The highest BCUT2D eigenvalue weighted by Crippen LogP contribution is 2.14. The summed E-state index contributed by atoms with van der Waals surface area (Å²) in [6.45, 7) is 7.84. The van der Waals surface area contributed by atoms with Gasteiger partial charge in [0.1, 0.15) is 5.82 Å². The predicted molar refractivity (Wildman–Crippen MR) is 67.3 cm³/mol. The van der Waals surface area contributed by atoms with Gasteiger partial charge in [-0.3, -0.25) is 4.98 Å². The van der Waals surface area contributed by atoms with Crippen molar-refractivity contribution in [3.05, 3.63) is 24.3 Å². The molecule has 0 atom stereocenters. The van der Waals surface area contributed by atoms with E-state index in [1.54, 1.807) is 6.20 Å². The minimum atomic E-state index is 0.794. The molecule has 4 nitrogen and oxygen atoms in total. The van der Waals surface area contributed by atoms with Crippen molar-refractivity contribution in [3.63, 3.8) is 0 Å². The van der Waals surface area contributed by atoms with E-state index >= 15 is 0 Å². The van der Waals surface area contributed by atoms with E-state index in [9.17, 15) is 0 Å². The summed E-state index contributed by atoms with van der Waals surface area (Å²) < 4.78 is 2.18. The third-order valence-corrected chi connectivity index (χ3v) is 2.28. The second-order valence-corrected chi connectivity index (χ2v) is 3.17. The number of rotatable bonds is 3. The third-order valence-electron chi connectivity index (χ3n) is 2.28. The number of nitrogens with zero attached hydrogens (tertiary/aromatic N) is 3. The summed E-state index contributed by atoms with van der Waals surface area (Å²) in [6.07, 6.45) is 3.64. The smallest absolute Gasteiger partial charge is 0.123 e. The van der Waals surface area contributed by atoms with Crippen molar-refractivity contribution in [2.45, 2.75) is 33.9 Å². The van der Waals surface area contributed by atoms with Crippen LogP contribution >= 0.6 is 0 Å². The van der Waals surface area contributed by atoms with Crippen LogP contribution in [0, 0.1) is 0 Å². The Hall–Kier alpha value is -1.42. The summed E-state index contributed by atoms with van der Waals surface area (Å²) in [7, 11) is 1.93. The first-order valence-electron chi connectivity index (χ1n) is 5.80. The lowest BCUT2D eigenvalue weighted by Gasteiger charge is -2.04. The minimum Gasteiger partial charge on any atom is -0.326 e. The molecule has 2 heterocycles. The van der Waals surface area contributed by atoms with E-state index in [0.29, 0.717) is 0 Å². The van der Waals surface area contributed by atoms with Crippen LogP contribution in [0.4, 0.5) is 0 Å². The fourth-order valence-corrected chi connectivity index (χ4v) is 1.67. The standard InChI is InChI=1S/C10H14N4.C2H6/c1-3-14-9-6-12-5-4-8(9)13-10(14)7-11-2;1-2/h4-6,11H,3,7H2,1-2H3;1-2H3. The molecule has 0 amide bonds. The second kappa shape index (κ2) is 6.23. The summed E-state index contributed by atoms with van der Waals surface area (Å²) >= 11 is 0.